The quantitative estimate of drug-likeness (QED) is 0.842. The topological polar surface area (TPSA) is 70.4 Å². The van der Waals surface area contributed by atoms with Crippen molar-refractivity contribution in [3.63, 3.8) is 0 Å². The van der Waals surface area contributed by atoms with E-state index < -0.39 is 0 Å². The molecule has 2 saturated heterocycles. The van der Waals surface area contributed by atoms with E-state index >= 15 is 0 Å². The summed E-state index contributed by atoms with van der Waals surface area (Å²) in [5.41, 5.74) is 1.79. The summed E-state index contributed by atoms with van der Waals surface area (Å²) in [6, 6.07) is 4.31. The van der Waals surface area contributed by atoms with E-state index in [1.807, 2.05) is 37.0 Å². The van der Waals surface area contributed by atoms with Gasteiger partial charge in [-0.3, -0.25) is 9.58 Å². The molecule has 4 rings (SSSR count). The first-order chi connectivity index (χ1) is 11.1. The molecule has 2 aliphatic rings. The van der Waals surface area contributed by atoms with Crippen LogP contribution < -0.4 is 9.80 Å². The number of likely N-dealkylation sites (N-methyl/N-ethyl adjacent to an activating group) is 1. The first-order valence-corrected chi connectivity index (χ1v) is 7.74. The minimum atomic E-state index is 0.0368. The molecule has 8 heteroatoms. The highest BCUT2D eigenvalue weighted by atomic mass is 16.2. The molecule has 0 aromatic carbocycles. The van der Waals surface area contributed by atoms with Crippen LogP contribution in [-0.2, 0) is 0 Å². The standard InChI is InChI=1S/C15H19N7O/c1-11-3-4-14(18-17-11)20-8-13(9-20)22-10-12(7-16-22)21-6-5-19(2)15(21)23/h3-4,7,10,13H,5-6,8-9H2,1-2H3. The SMILES string of the molecule is Cc1ccc(N2CC(n3cc(N4CCN(C)C4=O)cn3)C2)nn1. The molecule has 2 fully saturated rings. The van der Waals surface area contributed by atoms with Crippen molar-refractivity contribution in [3.05, 3.63) is 30.2 Å². The lowest BCUT2D eigenvalue weighted by atomic mass is 10.1. The fourth-order valence-corrected chi connectivity index (χ4v) is 2.92. The van der Waals surface area contributed by atoms with Crippen molar-refractivity contribution in [2.75, 3.05) is 43.0 Å². The number of urea groups is 1. The number of aromatic nitrogens is 4. The van der Waals surface area contributed by atoms with Gasteiger partial charge in [-0.2, -0.15) is 10.2 Å². The molecule has 0 atom stereocenters. The highest BCUT2D eigenvalue weighted by molar-refractivity contribution is 5.93. The Morgan fingerprint density at radius 2 is 2.00 bits per heavy atom. The molecule has 2 aliphatic heterocycles. The van der Waals surface area contributed by atoms with Crippen molar-refractivity contribution in [2.45, 2.75) is 13.0 Å². The van der Waals surface area contributed by atoms with Gasteiger partial charge in [0, 0.05) is 39.4 Å². The number of rotatable bonds is 3. The first kappa shape index (κ1) is 14.0. The van der Waals surface area contributed by atoms with Crippen molar-refractivity contribution in [1.82, 2.24) is 24.9 Å². The number of carbonyl (C=O) groups is 1. The Kier molecular flexibility index (Phi) is 3.17. The number of aryl methyl sites for hydroxylation is 1. The second-order valence-corrected chi connectivity index (χ2v) is 6.13. The van der Waals surface area contributed by atoms with Crippen LogP contribution in [0.3, 0.4) is 0 Å². The van der Waals surface area contributed by atoms with E-state index in [2.05, 4.69) is 20.2 Å². The van der Waals surface area contributed by atoms with E-state index in [4.69, 9.17) is 0 Å². The molecule has 0 spiro atoms. The third-order valence-corrected chi connectivity index (χ3v) is 4.46. The lowest BCUT2D eigenvalue weighted by Crippen LogP contribution is -2.48. The van der Waals surface area contributed by atoms with Crippen LogP contribution in [0.1, 0.15) is 11.7 Å². The van der Waals surface area contributed by atoms with Gasteiger partial charge in [0.2, 0.25) is 0 Å². The minimum absolute atomic E-state index is 0.0368. The maximum Gasteiger partial charge on any atom is 0.324 e. The molecule has 2 aromatic rings. The van der Waals surface area contributed by atoms with Crippen LogP contribution >= 0.6 is 0 Å². The molecule has 0 aliphatic carbocycles. The van der Waals surface area contributed by atoms with Gasteiger partial charge in [0.1, 0.15) is 0 Å². The number of amides is 2. The normalized spacial score (nSPS) is 18.7. The Hall–Kier alpha value is -2.64. The van der Waals surface area contributed by atoms with Gasteiger partial charge in [-0.05, 0) is 19.1 Å². The van der Waals surface area contributed by atoms with Gasteiger partial charge < -0.3 is 9.80 Å². The molecule has 120 valence electrons. The average Bonchev–Trinajstić information content (AvgIpc) is 3.08. The molecule has 2 amide bonds. The summed E-state index contributed by atoms with van der Waals surface area (Å²) in [5, 5.41) is 12.7. The van der Waals surface area contributed by atoms with Crippen LogP contribution in [-0.4, -0.2) is 64.1 Å². The lowest BCUT2D eigenvalue weighted by molar-refractivity contribution is 0.229. The molecule has 0 saturated carbocycles. The number of nitrogens with zero attached hydrogens (tertiary/aromatic N) is 7. The Bertz CT molecular complexity index is 720. The average molecular weight is 313 g/mol. The molecule has 2 aromatic heterocycles. The third kappa shape index (κ3) is 2.39. The van der Waals surface area contributed by atoms with E-state index in [1.165, 1.54) is 0 Å². The maximum absolute atomic E-state index is 12.0. The second-order valence-electron chi connectivity index (χ2n) is 6.13. The summed E-state index contributed by atoms with van der Waals surface area (Å²) < 4.78 is 1.94. The van der Waals surface area contributed by atoms with Gasteiger partial charge >= 0.3 is 6.03 Å². The van der Waals surface area contributed by atoms with Crippen LogP contribution in [0.4, 0.5) is 16.3 Å². The second kappa shape index (κ2) is 5.22. The lowest BCUT2D eigenvalue weighted by Gasteiger charge is -2.39. The number of carbonyl (C=O) groups excluding carboxylic acids is 1. The highest BCUT2D eigenvalue weighted by Gasteiger charge is 2.32. The molecule has 8 nitrogen and oxygen atoms in total. The summed E-state index contributed by atoms with van der Waals surface area (Å²) in [6.07, 6.45) is 3.73. The van der Waals surface area contributed by atoms with Crippen LogP contribution in [0.5, 0.6) is 0 Å². The fourth-order valence-electron chi connectivity index (χ4n) is 2.92. The molecule has 0 radical (unpaired) electrons. The number of anilines is 2. The van der Waals surface area contributed by atoms with E-state index in [1.54, 1.807) is 16.0 Å². The van der Waals surface area contributed by atoms with Crippen molar-refractivity contribution >= 4 is 17.5 Å². The molecule has 23 heavy (non-hydrogen) atoms. The summed E-state index contributed by atoms with van der Waals surface area (Å²) >= 11 is 0. The van der Waals surface area contributed by atoms with Gasteiger partial charge in [-0.25, -0.2) is 4.79 Å². The van der Waals surface area contributed by atoms with E-state index in [0.717, 1.165) is 43.4 Å². The fraction of sp³-hybridized carbons (Fsp3) is 0.467. The molecule has 4 heterocycles. The molecular formula is C15H19N7O. The minimum Gasteiger partial charge on any atom is -0.351 e. The van der Waals surface area contributed by atoms with Crippen molar-refractivity contribution < 1.29 is 4.79 Å². The smallest absolute Gasteiger partial charge is 0.324 e. The van der Waals surface area contributed by atoms with Gasteiger partial charge in [0.25, 0.3) is 0 Å². The largest absolute Gasteiger partial charge is 0.351 e. The molecular weight excluding hydrogens is 294 g/mol. The van der Waals surface area contributed by atoms with Crippen LogP contribution in [0, 0.1) is 6.92 Å². The zero-order valence-electron chi connectivity index (χ0n) is 13.3. The summed E-state index contributed by atoms with van der Waals surface area (Å²) in [6.45, 7) is 5.11. The Morgan fingerprint density at radius 3 is 2.65 bits per heavy atom. The predicted octanol–water partition coefficient (Wildman–Crippen LogP) is 0.915. The Balaban J connectivity index is 1.41. The van der Waals surface area contributed by atoms with Gasteiger partial charge in [-0.15, -0.1) is 5.10 Å². The van der Waals surface area contributed by atoms with Gasteiger partial charge in [0.05, 0.1) is 23.6 Å². The zero-order valence-corrected chi connectivity index (χ0v) is 13.3. The van der Waals surface area contributed by atoms with Gasteiger partial charge in [-0.1, -0.05) is 0 Å². The highest BCUT2D eigenvalue weighted by Crippen LogP contribution is 2.27. The molecule has 0 N–H and O–H groups in total. The van der Waals surface area contributed by atoms with Crippen LogP contribution in [0.2, 0.25) is 0 Å². The number of hydrogen-bond acceptors (Lipinski definition) is 5. The van der Waals surface area contributed by atoms with E-state index in [-0.39, 0.29) is 6.03 Å². The summed E-state index contributed by atoms with van der Waals surface area (Å²) in [5.74, 6) is 0.899. The predicted molar refractivity (Wildman–Crippen MR) is 85.6 cm³/mol. The first-order valence-electron chi connectivity index (χ1n) is 7.74. The van der Waals surface area contributed by atoms with E-state index in [0.29, 0.717) is 6.04 Å². The van der Waals surface area contributed by atoms with E-state index in [9.17, 15) is 4.79 Å². The van der Waals surface area contributed by atoms with Crippen molar-refractivity contribution in [2.24, 2.45) is 0 Å². The van der Waals surface area contributed by atoms with Crippen LogP contribution in [0.25, 0.3) is 0 Å². The van der Waals surface area contributed by atoms with Gasteiger partial charge in [0.15, 0.2) is 5.82 Å². The summed E-state index contributed by atoms with van der Waals surface area (Å²) in [4.78, 5) is 17.7. The van der Waals surface area contributed by atoms with Crippen molar-refractivity contribution in [1.29, 1.82) is 0 Å². The number of hydrogen-bond donors (Lipinski definition) is 0. The Labute approximate surface area is 134 Å². The monoisotopic (exact) mass is 313 g/mol. The Morgan fingerprint density at radius 1 is 1.17 bits per heavy atom. The third-order valence-electron chi connectivity index (χ3n) is 4.46. The summed E-state index contributed by atoms with van der Waals surface area (Å²) in [7, 11) is 1.82. The molecule has 0 unspecified atom stereocenters. The zero-order chi connectivity index (χ0) is 16.0. The maximum atomic E-state index is 12.0. The molecule has 0 bridgehead atoms. The van der Waals surface area contributed by atoms with Crippen molar-refractivity contribution in [3.8, 4) is 0 Å². The van der Waals surface area contributed by atoms with Crippen LogP contribution in [0.15, 0.2) is 24.5 Å².